The number of hydrogen-bond donors (Lipinski definition) is 0. The van der Waals surface area contributed by atoms with Gasteiger partial charge in [0, 0.05) is 37.5 Å². The Kier molecular flexibility index (Phi) is 4.27. The van der Waals surface area contributed by atoms with E-state index in [-0.39, 0.29) is 25.5 Å². The van der Waals surface area contributed by atoms with E-state index in [2.05, 4.69) is 67.8 Å². The van der Waals surface area contributed by atoms with Crippen molar-refractivity contribution in [1.29, 1.82) is 0 Å². The van der Waals surface area contributed by atoms with Crippen molar-refractivity contribution in [2.75, 3.05) is 0 Å². The summed E-state index contributed by atoms with van der Waals surface area (Å²) in [4.78, 5) is 4.70. The van der Waals surface area contributed by atoms with Gasteiger partial charge in [-0.25, -0.2) is 0 Å². The molecule has 0 aliphatic rings. The van der Waals surface area contributed by atoms with Crippen molar-refractivity contribution >= 4 is 27.3 Å². The molecule has 0 saturated heterocycles. The minimum absolute atomic E-state index is 0. The van der Waals surface area contributed by atoms with E-state index >= 15 is 0 Å². The van der Waals surface area contributed by atoms with Gasteiger partial charge in [-0.05, 0) is 35.8 Å². The molecule has 4 aromatic rings. The molecule has 0 aliphatic heterocycles. The number of aromatic nitrogens is 2. The molecule has 4 rings (SSSR count). The molecule has 0 fully saturated rings. The van der Waals surface area contributed by atoms with Crippen LogP contribution in [0.1, 0.15) is 32.0 Å². The van der Waals surface area contributed by atoms with Crippen LogP contribution in [0.5, 0.6) is 0 Å². The molecule has 0 saturated carbocycles. The molecule has 0 bridgehead atoms. The zero-order chi connectivity index (χ0) is 16.2. The summed E-state index contributed by atoms with van der Waals surface area (Å²) in [5.74, 6) is 0. The van der Waals surface area contributed by atoms with Crippen molar-refractivity contribution in [3.8, 4) is 0 Å². The molecule has 0 N–H and O–H groups in total. The summed E-state index contributed by atoms with van der Waals surface area (Å²) in [6, 6.07) is 16.4. The normalized spacial score (nSPS) is 12.0. The third kappa shape index (κ3) is 2.87. The Morgan fingerprint density at radius 1 is 1.12 bits per heavy atom. The van der Waals surface area contributed by atoms with Gasteiger partial charge >= 0.3 is 0 Å². The summed E-state index contributed by atoms with van der Waals surface area (Å²) in [6.07, 6.45) is 3.18. The van der Waals surface area contributed by atoms with Crippen LogP contribution in [0, 0.1) is 18.4 Å². The van der Waals surface area contributed by atoms with E-state index in [9.17, 15) is 0 Å². The van der Waals surface area contributed by atoms with Gasteiger partial charge in [-0.2, -0.15) is 0 Å². The van der Waals surface area contributed by atoms with E-state index in [4.69, 9.17) is 4.98 Å². The summed E-state index contributed by atoms with van der Waals surface area (Å²) in [6.45, 7) is 8.89. The fraction of sp³-hybridized carbons (Fsp3) is 0.286. The van der Waals surface area contributed by atoms with Gasteiger partial charge in [0.1, 0.15) is 0 Å². The summed E-state index contributed by atoms with van der Waals surface area (Å²) in [5, 5.41) is 3.61. The maximum Gasteiger partial charge on any atom is 0.0611 e. The molecule has 125 valence electrons. The van der Waals surface area contributed by atoms with Crippen LogP contribution in [0.3, 0.4) is 0 Å². The topological polar surface area (TPSA) is 17.3 Å². The van der Waals surface area contributed by atoms with Crippen LogP contribution in [-0.4, -0.2) is 9.38 Å². The Morgan fingerprint density at radius 2 is 1.92 bits per heavy atom. The number of aryl methyl sites for hydroxylation is 1. The second-order valence-corrected chi connectivity index (χ2v) is 7.62. The number of fused-ring (bicyclic) bond motifs is 6. The first-order chi connectivity index (χ1) is 10.9. The Bertz CT molecular complexity index is 1040. The number of hydrogen-bond acceptors (Lipinski definition) is 1. The SMILES string of the molecule is Cc1cn2c3ccc(CC(C)(C)C)cc3c3ccc[c-]c3c2n1.[Ir]. The fourth-order valence-corrected chi connectivity index (χ4v) is 3.44. The maximum atomic E-state index is 4.70. The number of nitrogens with zero attached hydrogens (tertiary/aromatic N) is 2. The van der Waals surface area contributed by atoms with Crippen LogP contribution in [0.15, 0.2) is 42.6 Å². The number of pyridine rings is 1. The molecule has 0 spiro atoms. The second kappa shape index (κ2) is 5.98. The van der Waals surface area contributed by atoms with E-state index in [1.165, 1.54) is 21.9 Å². The average molecular weight is 494 g/mol. The van der Waals surface area contributed by atoms with Crippen molar-refractivity contribution in [3.05, 3.63) is 59.9 Å². The molecule has 0 aliphatic carbocycles. The number of rotatable bonds is 1. The van der Waals surface area contributed by atoms with Gasteiger partial charge in [0.05, 0.1) is 5.65 Å². The maximum absolute atomic E-state index is 4.70. The van der Waals surface area contributed by atoms with Gasteiger partial charge in [-0.15, -0.1) is 29.7 Å². The smallest absolute Gasteiger partial charge is 0.0611 e. The van der Waals surface area contributed by atoms with Gasteiger partial charge in [-0.1, -0.05) is 38.3 Å². The summed E-state index contributed by atoms with van der Waals surface area (Å²) in [7, 11) is 0. The number of imidazole rings is 1. The first kappa shape index (κ1) is 17.1. The van der Waals surface area contributed by atoms with Gasteiger partial charge < -0.3 is 4.40 Å². The van der Waals surface area contributed by atoms with Gasteiger partial charge in [0.15, 0.2) is 0 Å². The minimum atomic E-state index is 0. The Morgan fingerprint density at radius 3 is 2.67 bits per heavy atom. The van der Waals surface area contributed by atoms with Gasteiger partial charge in [0.2, 0.25) is 0 Å². The molecule has 24 heavy (non-hydrogen) atoms. The Balaban J connectivity index is 0.00000169. The molecular weight excluding hydrogens is 472 g/mol. The zero-order valence-corrected chi connectivity index (χ0v) is 16.9. The van der Waals surface area contributed by atoms with E-state index in [0.29, 0.717) is 0 Å². The fourth-order valence-electron chi connectivity index (χ4n) is 3.44. The predicted octanol–water partition coefficient (Wildman–Crippen LogP) is 5.34. The van der Waals surface area contributed by atoms with E-state index < -0.39 is 0 Å². The average Bonchev–Trinajstić information content (AvgIpc) is 2.88. The summed E-state index contributed by atoms with van der Waals surface area (Å²) >= 11 is 0. The molecule has 0 atom stereocenters. The standard InChI is InChI=1S/C21H21N2.Ir/c1-14-13-23-19-10-9-15(12-21(2,3)4)11-18(19)16-7-5-6-8-17(16)20(23)22-14;/h5-7,9-11,13H,12H2,1-4H3;/q-1;. The molecule has 0 unspecified atom stereocenters. The second-order valence-electron chi connectivity index (χ2n) is 7.62. The van der Waals surface area contributed by atoms with Crippen molar-refractivity contribution in [2.45, 2.75) is 34.1 Å². The quantitative estimate of drug-likeness (QED) is 0.259. The predicted molar refractivity (Wildman–Crippen MR) is 96.9 cm³/mol. The zero-order valence-electron chi connectivity index (χ0n) is 14.5. The van der Waals surface area contributed by atoms with E-state index in [1.807, 2.05) is 13.0 Å². The monoisotopic (exact) mass is 494 g/mol. The minimum Gasteiger partial charge on any atom is -0.340 e. The molecule has 2 aromatic heterocycles. The summed E-state index contributed by atoms with van der Waals surface area (Å²) < 4.78 is 2.20. The first-order valence-electron chi connectivity index (χ1n) is 8.13. The van der Waals surface area contributed by atoms with E-state index in [1.54, 1.807) is 0 Å². The first-order valence-corrected chi connectivity index (χ1v) is 8.13. The Labute approximate surface area is 156 Å². The molecule has 2 heterocycles. The third-order valence-corrected chi connectivity index (χ3v) is 4.25. The van der Waals surface area contributed by atoms with Gasteiger partial charge in [-0.3, -0.25) is 4.98 Å². The van der Waals surface area contributed by atoms with Crippen LogP contribution in [0.25, 0.3) is 27.3 Å². The van der Waals surface area contributed by atoms with Crippen LogP contribution in [0.4, 0.5) is 0 Å². The molecular formula is C21H21IrN2-. The van der Waals surface area contributed by atoms with Crippen LogP contribution < -0.4 is 0 Å². The largest absolute Gasteiger partial charge is 0.340 e. The van der Waals surface area contributed by atoms with Crippen LogP contribution in [-0.2, 0) is 26.5 Å². The molecule has 2 aromatic carbocycles. The van der Waals surface area contributed by atoms with Crippen molar-refractivity contribution in [2.24, 2.45) is 5.41 Å². The number of benzene rings is 2. The molecule has 2 nitrogen and oxygen atoms in total. The molecule has 0 amide bonds. The Hall–Kier alpha value is -1.70. The third-order valence-electron chi connectivity index (χ3n) is 4.25. The summed E-state index contributed by atoms with van der Waals surface area (Å²) in [5.41, 5.74) is 4.91. The molecule has 1 radical (unpaired) electrons. The van der Waals surface area contributed by atoms with Crippen molar-refractivity contribution in [3.63, 3.8) is 0 Å². The van der Waals surface area contributed by atoms with Gasteiger partial charge in [0.25, 0.3) is 0 Å². The van der Waals surface area contributed by atoms with Crippen molar-refractivity contribution < 1.29 is 20.1 Å². The van der Waals surface area contributed by atoms with Crippen LogP contribution in [0.2, 0.25) is 0 Å². The van der Waals surface area contributed by atoms with Crippen LogP contribution >= 0.6 is 0 Å². The van der Waals surface area contributed by atoms with Crippen molar-refractivity contribution in [1.82, 2.24) is 9.38 Å². The molecule has 3 heteroatoms. The van der Waals surface area contributed by atoms with E-state index in [0.717, 1.165) is 23.1 Å².